The van der Waals surface area contributed by atoms with Gasteiger partial charge in [0.15, 0.2) is 6.61 Å². The number of carbonyl (C=O) groups is 2. The molecule has 0 amide bonds. The van der Waals surface area contributed by atoms with Gasteiger partial charge in [0.25, 0.3) is 0 Å². The van der Waals surface area contributed by atoms with E-state index in [2.05, 4.69) is 27.7 Å². The van der Waals surface area contributed by atoms with E-state index < -0.39 is 11.6 Å². The van der Waals surface area contributed by atoms with Crippen LogP contribution < -0.4 is 0 Å². The highest BCUT2D eigenvalue weighted by Crippen LogP contribution is 2.44. The van der Waals surface area contributed by atoms with E-state index in [0.717, 1.165) is 38.5 Å². The number of hydrogen-bond acceptors (Lipinski definition) is 4. The van der Waals surface area contributed by atoms with Crippen molar-refractivity contribution in [3.63, 3.8) is 0 Å². The van der Waals surface area contributed by atoms with Gasteiger partial charge in [0.05, 0.1) is 0 Å². The second-order valence-electron chi connectivity index (χ2n) is 7.68. The maximum atomic E-state index is 11.9. The molecule has 4 nitrogen and oxygen atoms in total. The first-order chi connectivity index (χ1) is 10.2. The molecule has 0 heterocycles. The van der Waals surface area contributed by atoms with Crippen LogP contribution in [0.2, 0.25) is 0 Å². The molecule has 0 atom stereocenters. The maximum absolute atomic E-state index is 11.9. The zero-order chi connectivity index (χ0) is 16.8. The molecule has 1 fully saturated rings. The van der Waals surface area contributed by atoms with Gasteiger partial charge >= 0.3 is 11.9 Å². The van der Waals surface area contributed by atoms with E-state index in [-0.39, 0.29) is 12.6 Å². The van der Waals surface area contributed by atoms with Crippen molar-refractivity contribution in [3.05, 3.63) is 0 Å². The van der Waals surface area contributed by atoms with Gasteiger partial charge in [-0.25, -0.2) is 4.79 Å². The van der Waals surface area contributed by atoms with E-state index in [4.69, 9.17) is 9.47 Å². The van der Waals surface area contributed by atoms with Crippen molar-refractivity contribution in [1.29, 1.82) is 0 Å². The van der Waals surface area contributed by atoms with Crippen LogP contribution in [-0.4, -0.2) is 24.1 Å². The van der Waals surface area contributed by atoms with Gasteiger partial charge in [-0.05, 0) is 50.4 Å². The summed E-state index contributed by atoms with van der Waals surface area (Å²) >= 11 is 0. The third kappa shape index (κ3) is 6.37. The molecule has 22 heavy (non-hydrogen) atoms. The van der Waals surface area contributed by atoms with Crippen molar-refractivity contribution in [2.45, 2.75) is 85.2 Å². The monoisotopic (exact) mass is 312 g/mol. The lowest BCUT2D eigenvalue weighted by Crippen LogP contribution is -2.40. The molecule has 4 heteroatoms. The second kappa shape index (κ2) is 7.98. The molecule has 1 aliphatic carbocycles. The van der Waals surface area contributed by atoms with E-state index in [1.165, 1.54) is 0 Å². The number of carbonyl (C=O) groups excluding carboxylic acids is 2. The molecule has 1 saturated carbocycles. The van der Waals surface area contributed by atoms with Crippen LogP contribution in [0, 0.1) is 11.3 Å². The lowest BCUT2D eigenvalue weighted by Gasteiger charge is -2.42. The summed E-state index contributed by atoms with van der Waals surface area (Å²) < 4.78 is 10.6. The molecule has 1 aliphatic rings. The fourth-order valence-electron chi connectivity index (χ4n) is 2.76. The van der Waals surface area contributed by atoms with Crippen LogP contribution in [0.3, 0.4) is 0 Å². The molecule has 0 aromatic carbocycles. The van der Waals surface area contributed by atoms with Crippen molar-refractivity contribution < 1.29 is 19.1 Å². The van der Waals surface area contributed by atoms with Crippen molar-refractivity contribution >= 4 is 11.9 Å². The lowest BCUT2D eigenvalue weighted by atomic mass is 9.69. The molecule has 0 bridgehead atoms. The predicted octanol–water partition coefficient (Wildman–Crippen LogP) is 4.26. The average Bonchev–Trinajstić information content (AvgIpc) is 2.46. The summed E-state index contributed by atoms with van der Waals surface area (Å²) in [7, 11) is 0. The quantitative estimate of drug-likeness (QED) is 0.659. The van der Waals surface area contributed by atoms with Gasteiger partial charge in [0.2, 0.25) is 0 Å². The Labute approximate surface area is 134 Å². The van der Waals surface area contributed by atoms with E-state index in [0.29, 0.717) is 17.8 Å². The van der Waals surface area contributed by atoms with Crippen molar-refractivity contribution in [3.8, 4) is 0 Å². The van der Waals surface area contributed by atoms with Crippen molar-refractivity contribution in [2.75, 3.05) is 6.61 Å². The third-order valence-corrected chi connectivity index (χ3v) is 5.01. The van der Waals surface area contributed by atoms with Gasteiger partial charge in [0.1, 0.15) is 5.60 Å². The Morgan fingerprint density at radius 1 is 1.05 bits per heavy atom. The normalized spacial score (nSPS) is 28.5. The summed E-state index contributed by atoms with van der Waals surface area (Å²) in [6.45, 7) is 10.3. The smallest absolute Gasteiger partial charge is 0.344 e. The van der Waals surface area contributed by atoms with Gasteiger partial charge in [0, 0.05) is 6.42 Å². The topological polar surface area (TPSA) is 52.6 Å². The van der Waals surface area contributed by atoms with Crippen LogP contribution in [-0.2, 0) is 19.1 Å². The molecular formula is C18H32O4. The van der Waals surface area contributed by atoms with Gasteiger partial charge in [-0.3, -0.25) is 4.79 Å². The Morgan fingerprint density at radius 3 is 2.14 bits per heavy atom. The van der Waals surface area contributed by atoms with Gasteiger partial charge in [-0.1, -0.05) is 34.1 Å². The highest BCUT2D eigenvalue weighted by molar-refractivity contribution is 5.76. The lowest BCUT2D eigenvalue weighted by molar-refractivity contribution is -0.173. The van der Waals surface area contributed by atoms with Crippen LogP contribution in [0.4, 0.5) is 0 Å². The third-order valence-electron chi connectivity index (χ3n) is 5.01. The molecule has 128 valence electrons. The van der Waals surface area contributed by atoms with Crippen LogP contribution in [0.25, 0.3) is 0 Å². The molecule has 0 unspecified atom stereocenters. The van der Waals surface area contributed by atoms with Crippen molar-refractivity contribution in [1.82, 2.24) is 0 Å². The summed E-state index contributed by atoms with van der Waals surface area (Å²) in [5.74, 6) is -0.299. The summed E-state index contributed by atoms with van der Waals surface area (Å²) in [6.07, 6.45) is 6.19. The highest BCUT2D eigenvalue weighted by Gasteiger charge is 2.39. The second-order valence-corrected chi connectivity index (χ2v) is 7.68. The predicted molar refractivity (Wildman–Crippen MR) is 86.4 cm³/mol. The first-order valence-corrected chi connectivity index (χ1v) is 8.55. The standard InChI is InChI=1S/C18H32O4/c1-6-17(4)9-11-18(5,12-10-17)22-16(20)13-21-15(19)8-7-14(2)3/h14H,6-13H2,1-5H3. The maximum Gasteiger partial charge on any atom is 0.344 e. The number of esters is 2. The largest absolute Gasteiger partial charge is 0.457 e. The minimum Gasteiger partial charge on any atom is -0.457 e. The zero-order valence-electron chi connectivity index (χ0n) is 14.9. The molecule has 0 aliphatic heterocycles. The first-order valence-electron chi connectivity index (χ1n) is 8.55. The van der Waals surface area contributed by atoms with E-state index in [1.54, 1.807) is 0 Å². The molecule has 0 spiro atoms. The fourth-order valence-corrected chi connectivity index (χ4v) is 2.76. The number of rotatable bonds is 7. The van der Waals surface area contributed by atoms with E-state index in [9.17, 15) is 9.59 Å². The average molecular weight is 312 g/mol. The van der Waals surface area contributed by atoms with Crippen LogP contribution in [0.1, 0.15) is 79.6 Å². The molecule has 0 radical (unpaired) electrons. The number of hydrogen-bond donors (Lipinski definition) is 0. The minimum atomic E-state index is -0.430. The summed E-state index contributed by atoms with van der Waals surface area (Å²) in [4.78, 5) is 23.4. The summed E-state index contributed by atoms with van der Waals surface area (Å²) in [5, 5.41) is 0. The molecule has 0 N–H and O–H groups in total. The Morgan fingerprint density at radius 2 is 1.64 bits per heavy atom. The Bertz CT molecular complexity index is 379. The van der Waals surface area contributed by atoms with Crippen LogP contribution >= 0.6 is 0 Å². The van der Waals surface area contributed by atoms with Crippen LogP contribution in [0.15, 0.2) is 0 Å². The summed E-state index contributed by atoms with van der Waals surface area (Å²) in [6, 6.07) is 0. The molecule has 0 aromatic rings. The van der Waals surface area contributed by atoms with Gasteiger partial charge in [-0.2, -0.15) is 0 Å². The van der Waals surface area contributed by atoms with Gasteiger partial charge in [-0.15, -0.1) is 0 Å². The van der Waals surface area contributed by atoms with Crippen molar-refractivity contribution in [2.24, 2.45) is 11.3 Å². The molecule has 0 aromatic heterocycles. The Hall–Kier alpha value is -1.06. The first kappa shape index (κ1) is 19.0. The fraction of sp³-hybridized carbons (Fsp3) is 0.889. The van der Waals surface area contributed by atoms with Gasteiger partial charge < -0.3 is 9.47 Å². The Balaban J connectivity index is 2.31. The number of ether oxygens (including phenoxy) is 2. The molecule has 0 saturated heterocycles. The Kier molecular flexibility index (Phi) is 6.89. The minimum absolute atomic E-state index is 0.266. The summed E-state index contributed by atoms with van der Waals surface area (Å²) in [5.41, 5.74) is -0.0364. The molecule has 1 rings (SSSR count). The SMILES string of the molecule is CCC1(C)CCC(C)(OC(=O)COC(=O)CCC(C)C)CC1. The highest BCUT2D eigenvalue weighted by atomic mass is 16.6. The van der Waals surface area contributed by atoms with Crippen LogP contribution in [0.5, 0.6) is 0 Å². The van der Waals surface area contributed by atoms with E-state index in [1.807, 2.05) is 6.92 Å². The molecular weight excluding hydrogens is 280 g/mol. The zero-order valence-corrected chi connectivity index (χ0v) is 14.9. The van der Waals surface area contributed by atoms with E-state index >= 15 is 0 Å².